The van der Waals surface area contributed by atoms with Gasteiger partial charge in [0.15, 0.2) is 11.5 Å². The summed E-state index contributed by atoms with van der Waals surface area (Å²) in [5, 5.41) is 6.75. The maximum Gasteiger partial charge on any atom is 0.276 e. The maximum atomic E-state index is 13.3. The van der Waals surface area contributed by atoms with Gasteiger partial charge in [-0.25, -0.2) is 0 Å². The van der Waals surface area contributed by atoms with Crippen molar-refractivity contribution in [2.75, 3.05) is 54.2 Å². The molecule has 1 aromatic carbocycles. The number of carbonyl (C=O) groups excluding carboxylic acids is 2. The molecule has 0 radical (unpaired) electrons. The van der Waals surface area contributed by atoms with Crippen molar-refractivity contribution < 1.29 is 33.1 Å². The minimum atomic E-state index is -0.327. The Morgan fingerprint density at radius 3 is 2.76 bits per heavy atom. The molecule has 0 bridgehead atoms. The van der Waals surface area contributed by atoms with Gasteiger partial charge in [0, 0.05) is 45.8 Å². The number of carbonyl (C=O) groups is 2. The van der Waals surface area contributed by atoms with Gasteiger partial charge in [0.2, 0.25) is 5.91 Å². The van der Waals surface area contributed by atoms with Crippen LogP contribution < -0.4 is 14.8 Å². The molecule has 1 N–H and O–H groups in total. The molecular weight excluding hydrogens is 430 g/mol. The van der Waals surface area contributed by atoms with Crippen molar-refractivity contribution in [2.24, 2.45) is 0 Å². The van der Waals surface area contributed by atoms with Gasteiger partial charge in [0.25, 0.3) is 5.91 Å². The van der Waals surface area contributed by atoms with Gasteiger partial charge in [-0.2, -0.15) is 0 Å². The SMILES string of the molecule is COCCNC(=O)CCN(C[C@@H]1CCCO1)C(=O)c1cc(-c2cc(OC)ccc2OC)on1. The zero-order valence-corrected chi connectivity index (χ0v) is 19.3. The lowest BCUT2D eigenvalue weighted by molar-refractivity contribution is -0.121. The second-order valence-electron chi connectivity index (χ2n) is 7.62. The van der Waals surface area contributed by atoms with Crippen LogP contribution in [0.25, 0.3) is 11.3 Å². The molecule has 2 aromatic rings. The first-order chi connectivity index (χ1) is 16.0. The molecule has 1 aliphatic heterocycles. The maximum absolute atomic E-state index is 13.3. The molecule has 33 heavy (non-hydrogen) atoms. The summed E-state index contributed by atoms with van der Waals surface area (Å²) in [6.07, 6.45) is 1.93. The lowest BCUT2D eigenvalue weighted by atomic mass is 10.1. The standard InChI is InChI=1S/C23H31N3O7/c1-29-12-9-24-22(27)8-10-26(15-17-5-4-11-32-17)23(28)19-14-21(33-25-19)18-13-16(30-2)6-7-20(18)31-3/h6-7,13-14,17H,4-5,8-12,15H2,1-3H3,(H,24,27)/t17-/m0/s1. The number of hydrogen-bond acceptors (Lipinski definition) is 8. The van der Waals surface area contributed by atoms with Gasteiger partial charge >= 0.3 is 0 Å². The van der Waals surface area contributed by atoms with Crippen LogP contribution in [0, 0.1) is 0 Å². The third-order valence-electron chi connectivity index (χ3n) is 5.37. The number of ether oxygens (including phenoxy) is 4. The topological polar surface area (TPSA) is 112 Å². The van der Waals surface area contributed by atoms with Crippen molar-refractivity contribution in [1.82, 2.24) is 15.4 Å². The minimum Gasteiger partial charge on any atom is -0.497 e. The molecule has 1 aromatic heterocycles. The first-order valence-electron chi connectivity index (χ1n) is 10.9. The van der Waals surface area contributed by atoms with Crippen LogP contribution in [-0.2, 0) is 14.3 Å². The predicted octanol–water partition coefficient (Wildman–Crippen LogP) is 2.13. The molecule has 180 valence electrons. The highest BCUT2D eigenvalue weighted by Gasteiger charge is 2.26. The Balaban J connectivity index is 1.74. The van der Waals surface area contributed by atoms with Crippen molar-refractivity contribution in [2.45, 2.75) is 25.4 Å². The second kappa shape index (κ2) is 12.2. The van der Waals surface area contributed by atoms with Crippen LogP contribution in [0.15, 0.2) is 28.8 Å². The average molecular weight is 462 g/mol. The molecule has 1 atom stereocenters. The average Bonchev–Trinajstić information content (AvgIpc) is 3.53. The van der Waals surface area contributed by atoms with Crippen LogP contribution in [0.2, 0.25) is 0 Å². The Morgan fingerprint density at radius 2 is 2.06 bits per heavy atom. The molecule has 10 heteroatoms. The molecule has 1 aliphatic rings. The number of rotatable bonds is 12. The zero-order valence-electron chi connectivity index (χ0n) is 19.3. The van der Waals surface area contributed by atoms with Gasteiger partial charge in [0.05, 0.1) is 32.5 Å². The molecule has 1 fully saturated rings. The van der Waals surface area contributed by atoms with Gasteiger partial charge in [-0.3, -0.25) is 9.59 Å². The van der Waals surface area contributed by atoms with Crippen molar-refractivity contribution in [3.05, 3.63) is 30.0 Å². The number of nitrogens with one attached hydrogen (secondary N) is 1. The zero-order chi connectivity index (χ0) is 23.6. The number of hydrogen-bond donors (Lipinski definition) is 1. The monoisotopic (exact) mass is 461 g/mol. The summed E-state index contributed by atoms with van der Waals surface area (Å²) < 4.78 is 26.8. The van der Waals surface area contributed by atoms with E-state index in [0.29, 0.717) is 49.1 Å². The molecule has 10 nitrogen and oxygen atoms in total. The normalized spacial score (nSPS) is 15.3. The minimum absolute atomic E-state index is 0.0599. The highest BCUT2D eigenvalue weighted by molar-refractivity contribution is 5.93. The first-order valence-corrected chi connectivity index (χ1v) is 10.9. The van der Waals surface area contributed by atoms with Crippen LogP contribution in [-0.4, -0.2) is 82.2 Å². The summed E-state index contributed by atoms with van der Waals surface area (Å²) in [4.78, 5) is 27.0. The van der Waals surface area contributed by atoms with Gasteiger partial charge < -0.3 is 33.7 Å². The summed E-state index contributed by atoms with van der Waals surface area (Å²) >= 11 is 0. The van der Waals surface area contributed by atoms with Crippen LogP contribution >= 0.6 is 0 Å². The van der Waals surface area contributed by atoms with Crippen LogP contribution in [0.3, 0.4) is 0 Å². The summed E-state index contributed by atoms with van der Waals surface area (Å²) in [7, 11) is 4.69. The molecule has 3 rings (SSSR count). The predicted molar refractivity (Wildman–Crippen MR) is 119 cm³/mol. The summed E-state index contributed by atoms with van der Waals surface area (Å²) in [5.74, 6) is 1.08. The van der Waals surface area contributed by atoms with Crippen molar-refractivity contribution in [3.63, 3.8) is 0 Å². The van der Waals surface area contributed by atoms with E-state index < -0.39 is 0 Å². The Bertz CT molecular complexity index is 925. The highest BCUT2D eigenvalue weighted by Crippen LogP contribution is 2.34. The number of aromatic nitrogens is 1. The van der Waals surface area contributed by atoms with E-state index in [1.165, 1.54) is 0 Å². The van der Waals surface area contributed by atoms with Gasteiger partial charge in [0.1, 0.15) is 11.5 Å². The smallest absolute Gasteiger partial charge is 0.276 e. The van der Waals surface area contributed by atoms with E-state index in [1.54, 1.807) is 50.5 Å². The van der Waals surface area contributed by atoms with Crippen molar-refractivity contribution in [3.8, 4) is 22.8 Å². The summed E-state index contributed by atoms with van der Waals surface area (Å²) in [6.45, 7) is 2.15. The fourth-order valence-corrected chi connectivity index (χ4v) is 3.60. The Kier molecular flexibility index (Phi) is 9.08. The van der Waals surface area contributed by atoms with Gasteiger partial charge in [-0.15, -0.1) is 0 Å². The number of benzene rings is 1. The Labute approximate surface area is 193 Å². The first kappa shape index (κ1) is 24.5. The van der Waals surface area contributed by atoms with E-state index in [2.05, 4.69) is 10.5 Å². The van der Waals surface area contributed by atoms with Crippen molar-refractivity contribution in [1.29, 1.82) is 0 Å². The van der Waals surface area contributed by atoms with E-state index >= 15 is 0 Å². The van der Waals surface area contributed by atoms with E-state index in [1.807, 2.05) is 0 Å². The van der Waals surface area contributed by atoms with Crippen LogP contribution in [0.4, 0.5) is 0 Å². The fourth-order valence-electron chi connectivity index (χ4n) is 3.60. The largest absolute Gasteiger partial charge is 0.497 e. The van der Waals surface area contributed by atoms with Crippen molar-refractivity contribution >= 4 is 11.8 Å². The third-order valence-corrected chi connectivity index (χ3v) is 5.37. The highest BCUT2D eigenvalue weighted by atomic mass is 16.5. The van der Waals surface area contributed by atoms with Gasteiger partial charge in [-0.1, -0.05) is 5.16 Å². The Hall–Kier alpha value is -3.11. The number of methoxy groups -OCH3 is 3. The Morgan fingerprint density at radius 1 is 1.21 bits per heavy atom. The summed E-state index contributed by atoms with van der Waals surface area (Å²) in [5.41, 5.74) is 0.763. The molecular formula is C23H31N3O7. The lowest BCUT2D eigenvalue weighted by Crippen LogP contribution is -2.40. The molecule has 0 unspecified atom stereocenters. The molecule has 0 saturated carbocycles. The molecule has 2 heterocycles. The van der Waals surface area contributed by atoms with Crippen LogP contribution in [0.5, 0.6) is 11.5 Å². The molecule has 0 spiro atoms. The molecule has 2 amide bonds. The van der Waals surface area contributed by atoms with Crippen LogP contribution in [0.1, 0.15) is 29.8 Å². The third kappa shape index (κ3) is 6.69. The lowest BCUT2D eigenvalue weighted by Gasteiger charge is -2.24. The van der Waals surface area contributed by atoms with E-state index in [4.69, 9.17) is 23.5 Å². The molecule has 0 aliphatic carbocycles. The second-order valence-corrected chi connectivity index (χ2v) is 7.62. The van der Waals surface area contributed by atoms with E-state index in [9.17, 15) is 9.59 Å². The quantitative estimate of drug-likeness (QED) is 0.479. The molecule has 1 saturated heterocycles. The number of nitrogens with zero attached hydrogens (tertiary/aromatic N) is 2. The van der Waals surface area contributed by atoms with E-state index in [0.717, 1.165) is 12.8 Å². The van der Waals surface area contributed by atoms with E-state index in [-0.39, 0.29) is 36.6 Å². The fraction of sp³-hybridized carbons (Fsp3) is 0.522. The number of amides is 2. The summed E-state index contributed by atoms with van der Waals surface area (Å²) in [6, 6.07) is 6.85. The van der Waals surface area contributed by atoms with Gasteiger partial charge in [-0.05, 0) is 31.0 Å².